The van der Waals surface area contributed by atoms with E-state index < -0.39 is 18.5 Å². The molecule has 4 rings (SSSR count). The number of carbonyl (C=O) groups excluding carboxylic acids is 4. The predicted octanol–water partition coefficient (Wildman–Crippen LogP) is 4.40. The smallest absolute Gasteiger partial charge is 0.338 e. The van der Waals surface area contributed by atoms with Crippen molar-refractivity contribution in [2.45, 2.75) is 33.2 Å². The van der Waals surface area contributed by atoms with E-state index in [9.17, 15) is 19.2 Å². The second-order valence-corrected chi connectivity index (χ2v) is 8.23. The van der Waals surface area contributed by atoms with E-state index in [0.29, 0.717) is 16.7 Å². The average molecular weight is 471 g/mol. The van der Waals surface area contributed by atoms with Crippen LogP contribution >= 0.6 is 0 Å². The topological polar surface area (TPSA) is 92.8 Å². The number of anilines is 1. The Morgan fingerprint density at radius 3 is 2.03 bits per heavy atom. The summed E-state index contributed by atoms with van der Waals surface area (Å²) in [5.74, 6) is -1.82. The molecule has 3 aromatic carbocycles. The van der Waals surface area contributed by atoms with Crippen molar-refractivity contribution < 1.29 is 23.9 Å². The minimum Gasteiger partial charge on any atom is -0.452 e. The number of imide groups is 1. The molecule has 0 aliphatic carbocycles. The van der Waals surface area contributed by atoms with Crippen LogP contribution in [0.4, 0.5) is 5.69 Å². The zero-order chi connectivity index (χ0) is 24.9. The zero-order valence-electron chi connectivity index (χ0n) is 19.7. The molecule has 0 radical (unpaired) electrons. The molecule has 1 heterocycles. The highest BCUT2D eigenvalue weighted by molar-refractivity contribution is 6.21. The Morgan fingerprint density at radius 1 is 0.829 bits per heavy atom. The summed E-state index contributed by atoms with van der Waals surface area (Å²) in [6.45, 7) is 3.63. The number of para-hydroxylation sites is 1. The molecule has 0 aromatic heterocycles. The third-order valence-electron chi connectivity index (χ3n) is 5.98. The van der Waals surface area contributed by atoms with Crippen LogP contribution in [-0.4, -0.2) is 35.2 Å². The number of carbonyl (C=O) groups is 4. The van der Waals surface area contributed by atoms with Gasteiger partial charge >= 0.3 is 5.97 Å². The van der Waals surface area contributed by atoms with E-state index in [-0.39, 0.29) is 23.9 Å². The summed E-state index contributed by atoms with van der Waals surface area (Å²) in [4.78, 5) is 51.5. The summed E-state index contributed by atoms with van der Waals surface area (Å²) in [5, 5.41) is 2.87. The van der Waals surface area contributed by atoms with Gasteiger partial charge in [0, 0.05) is 5.69 Å². The molecule has 0 fully saturated rings. The van der Waals surface area contributed by atoms with Crippen molar-refractivity contribution in [3.05, 3.63) is 100 Å². The number of nitrogens with one attached hydrogen (secondary N) is 1. The Balaban J connectivity index is 1.39. The molecular weight excluding hydrogens is 444 g/mol. The van der Waals surface area contributed by atoms with Gasteiger partial charge in [0.25, 0.3) is 17.7 Å². The minimum atomic E-state index is -0.663. The van der Waals surface area contributed by atoms with E-state index >= 15 is 0 Å². The number of aryl methyl sites for hydroxylation is 2. The molecule has 1 aliphatic heterocycles. The van der Waals surface area contributed by atoms with Crippen LogP contribution in [0.15, 0.2) is 66.7 Å². The van der Waals surface area contributed by atoms with Crippen LogP contribution in [0.3, 0.4) is 0 Å². The molecule has 1 N–H and O–H groups in total. The molecule has 0 saturated carbocycles. The molecule has 7 heteroatoms. The van der Waals surface area contributed by atoms with Crippen molar-refractivity contribution in [3.8, 4) is 0 Å². The van der Waals surface area contributed by atoms with Gasteiger partial charge in [0.1, 0.15) is 0 Å². The van der Waals surface area contributed by atoms with Crippen LogP contribution in [0.2, 0.25) is 0 Å². The monoisotopic (exact) mass is 470 g/mol. The van der Waals surface area contributed by atoms with Gasteiger partial charge in [-0.05, 0) is 53.8 Å². The van der Waals surface area contributed by atoms with Crippen molar-refractivity contribution in [2.24, 2.45) is 0 Å². The van der Waals surface area contributed by atoms with E-state index in [1.54, 1.807) is 48.5 Å². The maximum absolute atomic E-state index is 12.6. The third-order valence-corrected chi connectivity index (χ3v) is 5.98. The lowest BCUT2D eigenvalue weighted by Gasteiger charge is -2.15. The number of amides is 3. The fourth-order valence-electron chi connectivity index (χ4n) is 4.16. The summed E-state index contributed by atoms with van der Waals surface area (Å²) in [5.41, 5.74) is 4.37. The van der Waals surface area contributed by atoms with Crippen LogP contribution in [0.25, 0.3) is 0 Å². The Kier molecular flexibility index (Phi) is 7.06. The minimum absolute atomic E-state index is 0.0293. The van der Waals surface area contributed by atoms with E-state index in [1.807, 2.05) is 32.0 Å². The number of fused-ring (bicyclic) bond motifs is 1. The second kappa shape index (κ2) is 10.3. The summed E-state index contributed by atoms with van der Waals surface area (Å²) in [6, 6.07) is 19.0. The molecule has 0 bridgehead atoms. The standard InChI is InChI=1S/C28H26N2O5/c1-3-19-10-8-11-20(4-2)25(19)29-24(31)17-35-28(34)21-12-7-9-18(15-21)16-30-26(32)22-13-5-6-14-23(22)27(30)33/h5-15H,3-4,16-17H2,1-2H3,(H,29,31). The molecule has 0 atom stereocenters. The zero-order valence-corrected chi connectivity index (χ0v) is 19.7. The maximum Gasteiger partial charge on any atom is 0.338 e. The fraction of sp³-hybridized carbons (Fsp3) is 0.214. The van der Waals surface area contributed by atoms with E-state index in [0.717, 1.165) is 34.6 Å². The molecule has 3 aromatic rings. The fourth-order valence-corrected chi connectivity index (χ4v) is 4.16. The van der Waals surface area contributed by atoms with Crippen LogP contribution < -0.4 is 5.32 Å². The lowest BCUT2D eigenvalue weighted by molar-refractivity contribution is -0.119. The first-order valence-corrected chi connectivity index (χ1v) is 11.5. The van der Waals surface area contributed by atoms with Crippen LogP contribution in [0, 0.1) is 0 Å². The summed E-state index contributed by atoms with van der Waals surface area (Å²) >= 11 is 0. The van der Waals surface area contributed by atoms with Gasteiger partial charge in [0.15, 0.2) is 6.61 Å². The molecule has 0 spiro atoms. The van der Waals surface area contributed by atoms with Crippen molar-refractivity contribution >= 4 is 29.4 Å². The average Bonchev–Trinajstić information content (AvgIpc) is 3.12. The molecule has 1 aliphatic rings. The second-order valence-electron chi connectivity index (χ2n) is 8.23. The normalized spacial score (nSPS) is 12.5. The number of esters is 1. The molecule has 0 saturated heterocycles. The Hall–Kier alpha value is -4.26. The Bertz CT molecular complexity index is 1260. The van der Waals surface area contributed by atoms with Gasteiger partial charge in [-0.1, -0.05) is 56.3 Å². The van der Waals surface area contributed by atoms with Crippen molar-refractivity contribution in [1.82, 2.24) is 4.90 Å². The van der Waals surface area contributed by atoms with Crippen LogP contribution in [0.1, 0.15) is 61.6 Å². The SMILES string of the molecule is CCc1cccc(CC)c1NC(=O)COC(=O)c1cccc(CN2C(=O)c3ccccc3C2=O)c1. The van der Waals surface area contributed by atoms with Crippen molar-refractivity contribution in [1.29, 1.82) is 0 Å². The highest BCUT2D eigenvalue weighted by Gasteiger charge is 2.35. The molecule has 178 valence electrons. The van der Waals surface area contributed by atoms with Gasteiger partial charge < -0.3 is 10.1 Å². The third kappa shape index (κ3) is 4.99. The lowest BCUT2D eigenvalue weighted by Crippen LogP contribution is -2.29. The molecule has 0 unspecified atom stereocenters. The molecular formula is C28H26N2O5. The van der Waals surface area contributed by atoms with E-state index in [4.69, 9.17) is 4.74 Å². The lowest BCUT2D eigenvalue weighted by atomic mass is 10.0. The number of rotatable bonds is 8. The predicted molar refractivity (Wildman–Crippen MR) is 131 cm³/mol. The first-order chi connectivity index (χ1) is 16.9. The van der Waals surface area contributed by atoms with Crippen molar-refractivity contribution in [3.63, 3.8) is 0 Å². The number of benzene rings is 3. The summed E-state index contributed by atoms with van der Waals surface area (Å²) in [6.07, 6.45) is 1.53. The van der Waals surface area contributed by atoms with Gasteiger partial charge in [-0.2, -0.15) is 0 Å². The first-order valence-electron chi connectivity index (χ1n) is 11.5. The highest BCUT2D eigenvalue weighted by atomic mass is 16.5. The number of hydrogen-bond acceptors (Lipinski definition) is 5. The Labute approximate surface area is 203 Å². The molecule has 7 nitrogen and oxygen atoms in total. The largest absolute Gasteiger partial charge is 0.452 e. The van der Waals surface area contributed by atoms with Crippen molar-refractivity contribution in [2.75, 3.05) is 11.9 Å². The van der Waals surface area contributed by atoms with Crippen LogP contribution in [0.5, 0.6) is 0 Å². The highest BCUT2D eigenvalue weighted by Crippen LogP contribution is 2.25. The first kappa shape index (κ1) is 23.9. The van der Waals surface area contributed by atoms with Gasteiger partial charge in [0.05, 0.1) is 23.2 Å². The van der Waals surface area contributed by atoms with E-state index in [2.05, 4.69) is 5.32 Å². The molecule has 3 amide bonds. The number of hydrogen-bond donors (Lipinski definition) is 1. The van der Waals surface area contributed by atoms with E-state index in [1.165, 1.54) is 0 Å². The Morgan fingerprint density at radius 2 is 1.43 bits per heavy atom. The number of ether oxygens (including phenoxy) is 1. The van der Waals surface area contributed by atoms with Gasteiger partial charge in [-0.15, -0.1) is 0 Å². The molecule has 35 heavy (non-hydrogen) atoms. The quantitative estimate of drug-likeness (QED) is 0.389. The maximum atomic E-state index is 12.6. The van der Waals surface area contributed by atoms with Gasteiger partial charge in [-0.3, -0.25) is 19.3 Å². The number of nitrogens with zero attached hydrogens (tertiary/aromatic N) is 1. The van der Waals surface area contributed by atoms with Gasteiger partial charge in [-0.25, -0.2) is 4.79 Å². The van der Waals surface area contributed by atoms with Crippen LogP contribution in [-0.2, 0) is 28.9 Å². The summed E-state index contributed by atoms with van der Waals surface area (Å²) < 4.78 is 5.23. The van der Waals surface area contributed by atoms with Gasteiger partial charge in [0.2, 0.25) is 0 Å². The summed E-state index contributed by atoms with van der Waals surface area (Å²) in [7, 11) is 0.